The fraction of sp³-hybridized carbons (Fsp3) is 0.148. The Hall–Kier alpha value is -3.10. The van der Waals surface area contributed by atoms with E-state index in [0.717, 1.165) is 16.8 Å². The molecule has 0 aliphatic carbocycles. The van der Waals surface area contributed by atoms with Crippen molar-refractivity contribution >= 4 is 34.0 Å². The van der Waals surface area contributed by atoms with Crippen molar-refractivity contribution in [2.75, 3.05) is 4.90 Å². The van der Waals surface area contributed by atoms with Gasteiger partial charge < -0.3 is 4.90 Å². The number of carbonyl (C=O) groups is 1. The summed E-state index contributed by atoms with van der Waals surface area (Å²) in [5, 5.41) is 3.08. The third-order valence-corrected chi connectivity index (χ3v) is 6.18. The molecule has 1 heterocycles. The topological polar surface area (TPSA) is 20.3 Å². The van der Waals surface area contributed by atoms with Gasteiger partial charge in [-0.15, -0.1) is 0 Å². The smallest absolute Gasteiger partial charge is 0.228 e. The number of hydrogen-bond donors (Lipinski definition) is 0. The molecule has 0 saturated carbocycles. The van der Waals surface area contributed by atoms with Crippen molar-refractivity contribution in [3.8, 4) is 0 Å². The lowest BCUT2D eigenvalue weighted by atomic mass is 9.81. The normalized spacial score (nSPS) is 16.0. The van der Waals surface area contributed by atoms with Gasteiger partial charge in [0, 0.05) is 23.0 Å². The van der Waals surface area contributed by atoms with Crippen LogP contribution in [0.2, 0.25) is 5.02 Å². The van der Waals surface area contributed by atoms with E-state index in [4.69, 9.17) is 11.6 Å². The van der Waals surface area contributed by atoms with Gasteiger partial charge in [-0.3, -0.25) is 4.79 Å². The van der Waals surface area contributed by atoms with Gasteiger partial charge in [-0.2, -0.15) is 0 Å². The number of rotatable bonds is 3. The predicted molar refractivity (Wildman–Crippen MR) is 124 cm³/mol. The van der Waals surface area contributed by atoms with Gasteiger partial charge in [-0.25, -0.2) is 0 Å². The molecule has 0 fully saturated rings. The van der Waals surface area contributed by atoms with E-state index < -0.39 is 0 Å². The molecular formula is C27H22ClNO. The summed E-state index contributed by atoms with van der Waals surface area (Å²) in [6.45, 7) is 2.66. The van der Waals surface area contributed by atoms with Crippen LogP contribution in [0.4, 0.5) is 5.69 Å². The number of benzene rings is 4. The van der Waals surface area contributed by atoms with E-state index >= 15 is 0 Å². The molecule has 3 heteroatoms. The Morgan fingerprint density at radius 2 is 1.77 bits per heavy atom. The molecule has 4 aromatic carbocycles. The highest BCUT2D eigenvalue weighted by Gasteiger charge is 2.33. The van der Waals surface area contributed by atoms with Crippen LogP contribution < -0.4 is 4.90 Å². The van der Waals surface area contributed by atoms with Gasteiger partial charge in [-0.1, -0.05) is 83.9 Å². The quantitative estimate of drug-likeness (QED) is 0.360. The van der Waals surface area contributed by atoms with Gasteiger partial charge in [-0.05, 0) is 52.6 Å². The second-order valence-corrected chi connectivity index (χ2v) is 8.44. The number of aryl methyl sites for hydroxylation is 1. The van der Waals surface area contributed by atoms with Crippen molar-refractivity contribution in [1.82, 2.24) is 0 Å². The van der Waals surface area contributed by atoms with Crippen molar-refractivity contribution in [2.45, 2.75) is 25.8 Å². The van der Waals surface area contributed by atoms with Crippen LogP contribution in [0.25, 0.3) is 10.8 Å². The molecule has 1 atom stereocenters. The van der Waals surface area contributed by atoms with Gasteiger partial charge in [0.1, 0.15) is 0 Å². The molecule has 4 aromatic rings. The number of carbonyl (C=O) groups excluding carboxylic acids is 1. The summed E-state index contributed by atoms with van der Waals surface area (Å²) < 4.78 is 0. The molecule has 0 N–H and O–H groups in total. The van der Waals surface area contributed by atoms with E-state index in [1.807, 2.05) is 23.1 Å². The van der Waals surface area contributed by atoms with Crippen LogP contribution in [-0.2, 0) is 11.3 Å². The van der Waals surface area contributed by atoms with E-state index in [-0.39, 0.29) is 11.8 Å². The molecule has 1 amide bonds. The summed E-state index contributed by atoms with van der Waals surface area (Å²) in [6.07, 6.45) is 0.438. The fourth-order valence-corrected chi connectivity index (χ4v) is 4.78. The standard InChI is InChI=1S/C27H22ClNO/c1-18-6-4-7-19(14-18)17-29-25-13-12-20-8-2-3-11-23(20)27(25)24(16-26(29)30)21-9-5-10-22(28)15-21/h2-15,24H,16-17H2,1H3. The summed E-state index contributed by atoms with van der Waals surface area (Å²) in [5.41, 5.74) is 5.64. The zero-order valence-electron chi connectivity index (χ0n) is 16.8. The number of nitrogens with zero attached hydrogens (tertiary/aromatic N) is 1. The monoisotopic (exact) mass is 411 g/mol. The molecule has 0 aromatic heterocycles. The lowest BCUT2D eigenvalue weighted by Gasteiger charge is -2.35. The molecule has 148 valence electrons. The molecule has 1 aliphatic heterocycles. The van der Waals surface area contributed by atoms with Crippen LogP contribution in [0.5, 0.6) is 0 Å². The first kappa shape index (κ1) is 18.9. The Balaban J connectivity index is 1.69. The third kappa shape index (κ3) is 3.38. The lowest BCUT2D eigenvalue weighted by molar-refractivity contribution is -0.119. The predicted octanol–water partition coefficient (Wildman–Crippen LogP) is 6.87. The Morgan fingerprint density at radius 1 is 0.933 bits per heavy atom. The maximum atomic E-state index is 13.3. The van der Waals surface area contributed by atoms with E-state index in [1.54, 1.807) is 0 Å². The van der Waals surface area contributed by atoms with Crippen LogP contribution in [0, 0.1) is 6.92 Å². The number of halogens is 1. The molecule has 2 nitrogen and oxygen atoms in total. The summed E-state index contributed by atoms with van der Waals surface area (Å²) in [7, 11) is 0. The SMILES string of the molecule is Cc1cccc(CN2C(=O)CC(c3cccc(Cl)c3)c3c2ccc2ccccc32)c1. The first-order chi connectivity index (χ1) is 14.6. The number of amides is 1. The largest absolute Gasteiger partial charge is 0.308 e. The van der Waals surface area contributed by atoms with Crippen LogP contribution >= 0.6 is 11.6 Å². The summed E-state index contributed by atoms with van der Waals surface area (Å²) in [5.74, 6) is 0.135. The maximum absolute atomic E-state index is 13.3. The third-order valence-electron chi connectivity index (χ3n) is 5.94. The van der Waals surface area contributed by atoms with Crippen molar-refractivity contribution in [3.05, 3.63) is 112 Å². The average molecular weight is 412 g/mol. The van der Waals surface area contributed by atoms with E-state index in [0.29, 0.717) is 18.0 Å². The zero-order valence-corrected chi connectivity index (χ0v) is 17.6. The van der Waals surface area contributed by atoms with Gasteiger partial charge in [0.05, 0.1) is 6.54 Å². The van der Waals surface area contributed by atoms with E-state index in [2.05, 4.69) is 73.7 Å². The first-order valence-electron chi connectivity index (χ1n) is 10.2. The highest BCUT2D eigenvalue weighted by atomic mass is 35.5. The van der Waals surface area contributed by atoms with E-state index in [9.17, 15) is 4.79 Å². The molecular weight excluding hydrogens is 390 g/mol. The zero-order chi connectivity index (χ0) is 20.7. The Bertz CT molecular complexity index is 1260. The van der Waals surface area contributed by atoms with Gasteiger partial charge in [0.15, 0.2) is 0 Å². The Kier molecular flexibility index (Phi) is 4.80. The van der Waals surface area contributed by atoms with Crippen molar-refractivity contribution < 1.29 is 4.79 Å². The van der Waals surface area contributed by atoms with Crippen LogP contribution in [-0.4, -0.2) is 5.91 Å². The van der Waals surface area contributed by atoms with Gasteiger partial charge in [0.2, 0.25) is 5.91 Å². The Labute approximate surface area is 181 Å². The number of hydrogen-bond acceptors (Lipinski definition) is 1. The van der Waals surface area contributed by atoms with Crippen molar-refractivity contribution in [1.29, 1.82) is 0 Å². The minimum atomic E-state index is -0.00828. The molecule has 1 unspecified atom stereocenters. The number of anilines is 1. The van der Waals surface area contributed by atoms with Crippen LogP contribution in [0.3, 0.4) is 0 Å². The second kappa shape index (κ2) is 7.62. The summed E-state index contributed by atoms with van der Waals surface area (Å²) >= 11 is 6.30. The fourth-order valence-electron chi connectivity index (χ4n) is 4.58. The van der Waals surface area contributed by atoms with E-state index in [1.165, 1.54) is 21.9 Å². The minimum absolute atomic E-state index is 0.00828. The number of fused-ring (bicyclic) bond motifs is 3. The van der Waals surface area contributed by atoms with Crippen molar-refractivity contribution in [3.63, 3.8) is 0 Å². The van der Waals surface area contributed by atoms with Crippen molar-refractivity contribution in [2.24, 2.45) is 0 Å². The van der Waals surface area contributed by atoms with Crippen LogP contribution in [0.1, 0.15) is 34.6 Å². The molecule has 1 aliphatic rings. The Morgan fingerprint density at radius 3 is 2.60 bits per heavy atom. The molecule has 0 bridgehead atoms. The molecule has 0 spiro atoms. The highest BCUT2D eigenvalue weighted by molar-refractivity contribution is 6.30. The first-order valence-corrected chi connectivity index (χ1v) is 10.6. The average Bonchev–Trinajstić information content (AvgIpc) is 2.75. The lowest BCUT2D eigenvalue weighted by Crippen LogP contribution is -2.36. The summed E-state index contributed by atoms with van der Waals surface area (Å²) in [4.78, 5) is 15.3. The summed E-state index contributed by atoms with van der Waals surface area (Å²) in [6, 6.07) is 28.9. The van der Waals surface area contributed by atoms with Gasteiger partial charge >= 0.3 is 0 Å². The molecule has 30 heavy (non-hydrogen) atoms. The second-order valence-electron chi connectivity index (χ2n) is 8.00. The minimum Gasteiger partial charge on any atom is -0.308 e. The van der Waals surface area contributed by atoms with Crippen LogP contribution in [0.15, 0.2) is 84.9 Å². The molecule has 5 rings (SSSR count). The molecule has 0 radical (unpaired) electrons. The molecule has 0 saturated heterocycles. The van der Waals surface area contributed by atoms with Gasteiger partial charge in [0.25, 0.3) is 0 Å². The maximum Gasteiger partial charge on any atom is 0.228 e. The highest BCUT2D eigenvalue weighted by Crippen LogP contribution is 2.44.